The lowest BCUT2D eigenvalue weighted by Crippen LogP contribution is -2.51. The summed E-state index contributed by atoms with van der Waals surface area (Å²) in [6, 6.07) is 13.9. The van der Waals surface area contributed by atoms with E-state index >= 15 is 0 Å². The number of amides is 1. The van der Waals surface area contributed by atoms with Crippen LogP contribution in [0.15, 0.2) is 67.1 Å². The van der Waals surface area contributed by atoms with Crippen molar-refractivity contribution in [1.82, 2.24) is 24.4 Å². The van der Waals surface area contributed by atoms with E-state index in [0.717, 1.165) is 16.9 Å². The maximum absolute atomic E-state index is 13.1. The number of carbonyl (C=O) groups excluding carboxylic acids is 1. The minimum absolute atomic E-state index is 0.0435. The number of imidazole rings is 1. The zero-order valence-corrected chi connectivity index (χ0v) is 19.8. The van der Waals surface area contributed by atoms with E-state index < -0.39 is 5.97 Å². The van der Waals surface area contributed by atoms with Crippen LogP contribution in [0.4, 0.5) is 11.5 Å². The summed E-state index contributed by atoms with van der Waals surface area (Å²) in [5.41, 5.74) is 3.84. The maximum Gasteiger partial charge on any atom is 0.335 e. The number of rotatable bonds is 7. The lowest BCUT2D eigenvalue weighted by molar-refractivity contribution is -0.0675. The Balaban J connectivity index is 1.35. The van der Waals surface area contributed by atoms with E-state index in [1.807, 2.05) is 34.7 Å². The van der Waals surface area contributed by atoms with Gasteiger partial charge in [-0.25, -0.2) is 19.8 Å². The molecule has 4 aromatic rings. The second-order valence-electron chi connectivity index (χ2n) is 8.28. The fraction of sp³-hybridized carbons (Fsp3) is 0.231. The Bertz CT molecular complexity index is 1380. The number of carbonyl (C=O) groups is 2. The fourth-order valence-corrected chi connectivity index (χ4v) is 4.25. The van der Waals surface area contributed by atoms with E-state index in [2.05, 4.69) is 15.3 Å². The highest BCUT2D eigenvalue weighted by Crippen LogP contribution is 2.26. The van der Waals surface area contributed by atoms with Crippen LogP contribution in [0.3, 0.4) is 0 Å². The summed E-state index contributed by atoms with van der Waals surface area (Å²) in [5.74, 6) is -0.449. The van der Waals surface area contributed by atoms with Gasteiger partial charge in [-0.2, -0.15) is 0 Å². The molecule has 36 heavy (non-hydrogen) atoms. The van der Waals surface area contributed by atoms with Crippen molar-refractivity contribution >= 4 is 29.0 Å². The monoisotopic (exact) mass is 486 g/mol. The van der Waals surface area contributed by atoms with E-state index in [0.29, 0.717) is 49.9 Å². The molecule has 184 valence electrons. The number of nitrogens with one attached hydrogen (secondary N) is 1. The van der Waals surface area contributed by atoms with E-state index in [9.17, 15) is 9.59 Å². The summed E-state index contributed by atoms with van der Waals surface area (Å²) in [5, 5.41) is 16.2. The molecule has 1 aliphatic rings. The lowest BCUT2D eigenvalue weighted by atomic mass is 10.1. The molecule has 1 fully saturated rings. The van der Waals surface area contributed by atoms with Crippen LogP contribution in [-0.4, -0.2) is 74.2 Å². The van der Waals surface area contributed by atoms with Gasteiger partial charge in [0.25, 0.3) is 5.91 Å². The molecule has 0 saturated carbocycles. The van der Waals surface area contributed by atoms with Gasteiger partial charge >= 0.3 is 5.97 Å². The first kappa shape index (κ1) is 23.5. The van der Waals surface area contributed by atoms with Gasteiger partial charge in [-0.1, -0.05) is 12.1 Å². The molecule has 2 aromatic carbocycles. The zero-order chi connectivity index (χ0) is 25.1. The number of hydrazine groups is 1. The van der Waals surface area contributed by atoms with Crippen LogP contribution >= 0.6 is 0 Å². The van der Waals surface area contributed by atoms with E-state index in [1.54, 1.807) is 53.8 Å². The second-order valence-corrected chi connectivity index (χ2v) is 8.28. The Kier molecular flexibility index (Phi) is 6.61. The van der Waals surface area contributed by atoms with Crippen LogP contribution in [0.1, 0.15) is 27.6 Å². The van der Waals surface area contributed by atoms with Gasteiger partial charge in [0.05, 0.1) is 30.7 Å². The molecule has 0 unspecified atom stereocenters. The van der Waals surface area contributed by atoms with E-state index in [-0.39, 0.29) is 11.5 Å². The van der Waals surface area contributed by atoms with Crippen molar-refractivity contribution in [2.75, 3.05) is 38.2 Å². The number of aromatic carboxylic acids is 1. The Morgan fingerprint density at radius 1 is 1.03 bits per heavy atom. The predicted molar refractivity (Wildman–Crippen MR) is 134 cm³/mol. The molecule has 0 aliphatic carbocycles. The van der Waals surface area contributed by atoms with E-state index in [1.165, 1.54) is 0 Å². The average Bonchev–Trinajstić information content (AvgIpc) is 3.41. The number of carboxylic acids is 1. The van der Waals surface area contributed by atoms with Crippen LogP contribution < -0.4 is 5.32 Å². The predicted octanol–water partition coefficient (Wildman–Crippen LogP) is 3.55. The number of fused-ring (bicyclic) bond motifs is 1. The summed E-state index contributed by atoms with van der Waals surface area (Å²) in [4.78, 5) is 33.2. The molecule has 10 nitrogen and oxygen atoms in total. The summed E-state index contributed by atoms with van der Waals surface area (Å²) >= 11 is 0. The third-order valence-electron chi connectivity index (χ3n) is 6.11. The molecule has 0 bridgehead atoms. The van der Waals surface area contributed by atoms with Crippen molar-refractivity contribution in [3.05, 3.63) is 78.2 Å². The highest BCUT2D eigenvalue weighted by Gasteiger charge is 2.23. The highest BCUT2D eigenvalue weighted by atomic mass is 16.5. The standard InChI is InChI=1S/C26H26N6O4/c1-2-32(30-13-15-36-16-14-30)25(33)19-7-9-21(10-8-19)29-23-24-27-11-12-31(24)22(17-28-23)18-3-5-20(6-4-18)26(34)35/h3-12,17H,2,13-16H2,1H3,(H,28,29)(H,34,35). The Labute approximate surface area is 207 Å². The largest absolute Gasteiger partial charge is 0.478 e. The van der Waals surface area contributed by atoms with Gasteiger partial charge in [-0.3, -0.25) is 14.2 Å². The molecule has 0 atom stereocenters. The third-order valence-corrected chi connectivity index (χ3v) is 6.11. The summed E-state index contributed by atoms with van der Waals surface area (Å²) in [6.45, 7) is 5.19. The number of nitrogens with zero attached hydrogens (tertiary/aromatic N) is 5. The number of hydrogen-bond acceptors (Lipinski definition) is 7. The van der Waals surface area contributed by atoms with Gasteiger partial charge in [0.2, 0.25) is 0 Å². The highest BCUT2D eigenvalue weighted by molar-refractivity contribution is 5.94. The van der Waals surface area contributed by atoms with Crippen molar-refractivity contribution in [2.24, 2.45) is 0 Å². The summed E-state index contributed by atoms with van der Waals surface area (Å²) in [6.07, 6.45) is 5.23. The van der Waals surface area contributed by atoms with Crippen LogP contribution in [-0.2, 0) is 4.74 Å². The number of morpholine rings is 1. The molecular weight excluding hydrogens is 460 g/mol. The quantitative estimate of drug-likeness (QED) is 0.408. The van der Waals surface area contributed by atoms with E-state index in [4.69, 9.17) is 9.84 Å². The summed E-state index contributed by atoms with van der Waals surface area (Å²) < 4.78 is 7.29. The minimum Gasteiger partial charge on any atom is -0.478 e. The van der Waals surface area contributed by atoms with Crippen molar-refractivity contribution in [2.45, 2.75) is 6.92 Å². The Morgan fingerprint density at radius 3 is 2.39 bits per heavy atom. The van der Waals surface area contributed by atoms with Gasteiger partial charge in [0.15, 0.2) is 11.5 Å². The molecule has 1 aliphatic heterocycles. The van der Waals surface area contributed by atoms with Crippen LogP contribution in [0, 0.1) is 0 Å². The zero-order valence-electron chi connectivity index (χ0n) is 19.8. The smallest absolute Gasteiger partial charge is 0.335 e. The van der Waals surface area contributed by atoms with Crippen LogP contribution in [0.5, 0.6) is 0 Å². The topological polar surface area (TPSA) is 112 Å². The van der Waals surface area contributed by atoms with Crippen molar-refractivity contribution < 1.29 is 19.4 Å². The molecule has 1 saturated heterocycles. The maximum atomic E-state index is 13.1. The first-order valence-electron chi connectivity index (χ1n) is 11.7. The molecule has 3 heterocycles. The molecular formula is C26H26N6O4. The first-order valence-corrected chi connectivity index (χ1v) is 11.7. The number of anilines is 2. The number of carboxylic acid groups (broad SMARTS) is 1. The van der Waals surface area contributed by atoms with Crippen LogP contribution in [0.25, 0.3) is 16.9 Å². The molecule has 10 heteroatoms. The van der Waals surface area contributed by atoms with Crippen molar-refractivity contribution in [3.8, 4) is 11.3 Å². The van der Waals surface area contributed by atoms with Gasteiger partial charge in [-0.05, 0) is 43.3 Å². The Hall–Kier alpha value is -4.28. The number of benzene rings is 2. The molecule has 2 N–H and O–H groups in total. The Morgan fingerprint density at radius 2 is 1.72 bits per heavy atom. The minimum atomic E-state index is -0.969. The number of aromatic nitrogens is 3. The molecule has 0 spiro atoms. The van der Waals surface area contributed by atoms with Gasteiger partial charge in [-0.15, -0.1) is 0 Å². The van der Waals surface area contributed by atoms with Gasteiger partial charge < -0.3 is 15.2 Å². The first-order chi connectivity index (χ1) is 17.5. The summed E-state index contributed by atoms with van der Waals surface area (Å²) in [7, 11) is 0. The molecule has 5 rings (SSSR count). The SMILES string of the molecule is CCN(C(=O)c1ccc(Nc2ncc(-c3ccc(C(=O)O)cc3)n3ccnc23)cc1)N1CCOCC1. The number of hydrogen-bond donors (Lipinski definition) is 2. The van der Waals surface area contributed by atoms with Gasteiger partial charge in [0, 0.05) is 48.8 Å². The molecule has 2 aromatic heterocycles. The molecule has 1 amide bonds. The second kappa shape index (κ2) is 10.1. The van der Waals surface area contributed by atoms with Crippen molar-refractivity contribution in [1.29, 1.82) is 0 Å². The third kappa shape index (κ3) is 4.64. The number of ether oxygens (including phenoxy) is 1. The average molecular weight is 487 g/mol. The molecule has 0 radical (unpaired) electrons. The lowest BCUT2D eigenvalue weighted by Gasteiger charge is -2.36. The van der Waals surface area contributed by atoms with Crippen molar-refractivity contribution in [3.63, 3.8) is 0 Å². The van der Waals surface area contributed by atoms with Gasteiger partial charge in [0.1, 0.15) is 0 Å². The van der Waals surface area contributed by atoms with Crippen LogP contribution in [0.2, 0.25) is 0 Å². The fourth-order valence-electron chi connectivity index (χ4n) is 4.25. The normalized spacial score (nSPS) is 14.0.